The molecule has 0 aromatic carbocycles. The summed E-state index contributed by atoms with van der Waals surface area (Å²) in [5.41, 5.74) is 0. The van der Waals surface area contributed by atoms with Crippen molar-refractivity contribution in [2.75, 3.05) is 52.9 Å². The molecule has 2 atom stereocenters. The molecule has 0 aromatic rings. The van der Waals surface area contributed by atoms with E-state index in [1.165, 1.54) is 0 Å². The van der Waals surface area contributed by atoms with Gasteiger partial charge in [-0.2, -0.15) is 0 Å². The van der Waals surface area contributed by atoms with Crippen LogP contribution in [0.5, 0.6) is 0 Å². The van der Waals surface area contributed by atoms with Gasteiger partial charge < -0.3 is 10.2 Å². The molecule has 0 bridgehead atoms. The summed E-state index contributed by atoms with van der Waals surface area (Å²) in [7, 11) is -7.61. The van der Waals surface area contributed by atoms with E-state index in [2.05, 4.69) is 0 Å². The van der Waals surface area contributed by atoms with Gasteiger partial charge in [0.05, 0.1) is 52.9 Å². The average molecular weight is 366 g/mol. The Morgan fingerprint density at radius 1 is 0.636 bits per heavy atom. The Hall–Kier alpha value is 0.140. The highest BCUT2D eigenvalue weighted by molar-refractivity contribution is 7.48. The van der Waals surface area contributed by atoms with Crippen LogP contribution in [0.4, 0.5) is 0 Å². The Labute approximate surface area is 129 Å². The average Bonchev–Trinajstić information content (AvgIpc) is 2.49. The Morgan fingerprint density at radius 3 is 1.23 bits per heavy atom. The van der Waals surface area contributed by atoms with E-state index in [1.54, 1.807) is 13.8 Å². The molecule has 0 saturated carbocycles. The van der Waals surface area contributed by atoms with Crippen LogP contribution >= 0.6 is 15.6 Å². The van der Waals surface area contributed by atoms with E-state index in [9.17, 15) is 9.13 Å². The molecule has 0 amide bonds. The van der Waals surface area contributed by atoms with Crippen molar-refractivity contribution < 1.29 is 46.5 Å². The standard InChI is InChI=1S/C10H24O10P2/c1-3-15-21(13,17-7-5-11)19-9-10-20-22(14,16-4-2)18-8-6-12/h11-12H,3-10H2,1-2H3. The molecular formula is C10H24O10P2. The van der Waals surface area contributed by atoms with Crippen LogP contribution in [0.15, 0.2) is 0 Å². The van der Waals surface area contributed by atoms with Gasteiger partial charge in [-0.1, -0.05) is 0 Å². The minimum atomic E-state index is -3.81. The third-order valence-corrected chi connectivity index (χ3v) is 4.98. The van der Waals surface area contributed by atoms with Crippen LogP contribution in [-0.4, -0.2) is 63.1 Å². The minimum Gasteiger partial charge on any atom is -0.394 e. The molecule has 134 valence electrons. The summed E-state index contributed by atoms with van der Waals surface area (Å²) in [6.07, 6.45) is 0. The van der Waals surface area contributed by atoms with E-state index in [0.717, 1.165) is 0 Å². The molecule has 22 heavy (non-hydrogen) atoms. The second-order valence-electron chi connectivity index (χ2n) is 3.51. The summed E-state index contributed by atoms with van der Waals surface area (Å²) >= 11 is 0. The van der Waals surface area contributed by atoms with Gasteiger partial charge in [0, 0.05) is 0 Å². The lowest BCUT2D eigenvalue weighted by Gasteiger charge is -2.19. The second kappa shape index (κ2) is 12.5. The molecule has 0 aliphatic rings. The van der Waals surface area contributed by atoms with Crippen molar-refractivity contribution in [2.45, 2.75) is 13.8 Å². The second-order valence-corrected chi connectivity index (χ2v) is 6.85. The molecule has 0 aromatic heterocycles. The summed E-state index contributed by atoms with van der Waals surface area (Å²) < 4.78 is 53.2. The summed E-state index contributed by atoms with van der Waals surface area (Å²) in [6.45, 7) is 1.73. The molecule has 0 spiro atoms. The smallest absolute Gasteiger partial charge is 0.394 e. The first-order chi connectivity index (χ1) is 10.4. The molecule has 0 heterocycles. The van der Waals surface area contributed by atoms with Gasteiger partial charge in [0.2, 0.25) is 0 Å². The van der Waals surface area contributed by atoms with Crippen molar-refractivity contribution in [2.24, 2.45) is 0 Å². The first-order valence-corrected chi connectivity index (χ1v) is 9.66. The largest absolute Gasteiger partial charge is 0.474 e. The fourth-order valence-corrected chi connectivity index (χ4v) is 3.43. The van der Waals surface area contributed by atoms with Crippen molar-refractivity contribution in [3.63, 3.8) is 0 Å². The molecule has 10 nitrogen and oxygen atoms in total. The van der Waals surface area contributed by atoms with Crippen LogP contribution in [0.3, 0.4) is 0 Å². The van der Waals surface area contributed by atoms with Crippen LogP contribution < -0.4 is 0 Å². The number of rotatable bonds is 15. The lowest BCUT2D eigenvalue weighted by molar-refractivity contribution is 0.0670. The highest BCUT2D eigenvalue weighted by Gasteiger charge is 2.28. The van der Waals surface area contributed by atoms with Crippen molar-refractivity contribution >= 4 is 15.6 Å². The molecule has 0 aliphatic heterocycles. The van der Waals surface area contributed by atoms with Crippen molar-refractivity contribution in [1.29, 1.82) is 0 Å². The Morgan fingerprint density at radius 2 is 0.955 bits per heavy atom. The van der Waals surface area contributed by atoms with Gasteiger partial charge in [-0.05, 0) is 13.8 Å². The maximum Gasteiger partial charge on any atom is 0.474 e. The number of hydrogen-bond donors (Lipinski definition) is 2. The Kier molecular flexibility index (Phi) is 12.6. The van der Waals surface area contributed by atoms with Crippen molar-refractivity contribution in [3.8, 4) is 0 Å². The Balaban J connectivity index is 4.28. The zero-order valence-corrected chi connectivity index (χ0v) is 14.5. The van der Waals surface area contributed by atoms with Crippen LogP contribution in [0.2, 0.25) is 0 Å². The third-order valence-electron chi connectivity index (χ3n) is 1.84. The SMILES string of the molecule is CCOP(=O)(OCCO)OCCOP(=O)(OCC)OCCO. The zero-order chi connectivity index (χ0) is 16.9. The highest BCUT2D eigenvalue weighted by Crippen LogP contribution is 2.51. The van der Waals surface area contributed by atoms with Gasteiger partial charge >= 0.3 is 15.6 Å². The highest BCUT2D eigenvalue weighted by atomic mass is 31.2. The van der Waals surface area contributed by atoms with E-state index in [0.29, 0.717) is 0 Å². The molecule has 0 radical (unpaired) electrons. The summed E-state index contributed by atoms with van der Waals surface area (Å²) in [5.74, 6) is 0. The van der Waals surface area contributed by atoms with Crippen LogP contribution in [0.25, 0.3) is 0 Å². The van der Waals surface area contributed by atoms with E-state index in [4.69, 9.17) is 37.4 Å². The summed E-state index contributed by atoms with van der Waals surface area (Å²) in [4.78, 5) is 0. The maximum atomic E-state index is 12.0. The molecule has 0 aliphatic carbocycles. The van der Waals surface area contributed by atoms with Gasteiger partial charge in [-0.3, -0.25) is 27.1 Å². The topological polar surface area (TPSA) is 130 Å². The van der Waals surface area contributed by atoms with Gasteiger partial charge in [-0.15, -0.1) is 0 Å². The fraction of sp³-hybridized carbons (Fsp3) is 1.00. The van der Waals surface area contributed by atoms with E-state index < -0.39 is 15.6 Å². The molecule has 12 heteroatoms. The first-order valence-electron chi connectivity index (χ1n) is 6.74. The summed E-state index contributed by atoms with van der Waals surface area (Å²) in [5, 5.41) is 17.3. The monoisotopic (exact) mass is 366 g/mol. The van der Waals surface area contributed by atoms with Crippen LogP contribution in [0.1, 0.15) is 13.8 Å². The zero-order valence-electron chi connectivity index (χ0n) is 12.7. The lowest BCUT2D eigenvalue weighted by atomic mass is 10.8. The van der Waals surface area contributed by atoms with Crippen molar-refractivity contribution in [1.82, 2.24) is 0 Å². The van der Waals surface area contributed by atoms with E-state index >= 15 is 0 Å². The van der Waals surface area contributed by atoms with Gasteiger partial charge in [0.1, 0.15) is 0 Å². The maximum absolute atomic E-state index is 12.0. The number of aliphatic hydroxyl groups excluding tert-OH is 2. The molecule has 2 N–H and O–H groups in total. The predicted molar refractivity (Wildman–Crippen MR) is 76.4 cm³/mol. The number of phosphoric ester groups is 2. The lowest BCUT2D eigenvalue weighted by Crippen LogP contribution is -2.10. The van der Waals surface area contributed by atoms with E-state index in [-0.39, 0.29) is 52.9 Å². The first kappa shape index (κ1) is 22.1. The van der Waals surface area contributed by atoms with Crippen molar-refractivity contribution in [3.05, 3.63) is 0 Å². The minimum absolute atomic E-state index is 0.0839. The van der Waals surface area contributed by atoms with Crippen LogP contribution in [-0.2, 0) is 36.3 Å². The number of phosphoric acid groups is 2. The Bertz CT molecular complexity index is 330. The molecular weight excluding hydrogens is 342 g/mol. The third kappa shape index (κ3) is 10.0. The van der Waals surface area contributed by atoms with Gasteiger partial charge in [0.25, 0.3) is 0 Å². The normalized spacial score (nSPS) is 17.1. The molecule has 2 unspecified atom stereocenters. The fourth-order valence-electron chi connectivity index (χ4n) is 1.14. The van der Waals surface area contributed by atoms with Gasteiger partial charge in [0.15, 0.2) is 0 Å². The predicted octanol–water partition coefficient (Wildman–Crippen LogP) is 1.33. The number of aliphatic hydroxyl groups is 2. The number of hydrogen-bond acceptors (Lipinski definition) is 10. The van der Waals surface area contributed by atoms with Gasteiger partial charge in [-0.25, -0.2) is 9.13 Å². The van der Waals surface area contributed by atoms with E-state index in [1.807, 2.05) is 0 Å². The quantitative estimate of drug-likeness (QED) is 0.323. The summed E-state index contributed by atoms with van der Waals surface area (Å²) in [6, 6.07) is 0. The van der Waals surface area contributed by atoms with Crippen LogP contribution in [0, 0.1) is 0 Å². The molecule has 0 fully saturated rings. The molecule has 0 rings (SSSR count). The molecule has 0 saturated heterocycles.